The van der Waals surface area contributed by atoms with Gasteiger partial charge in [-0.05, 0) is 11.5 Å². The first-order valence-corrected chi connectivity index (χ1v) is 4.90. The molecule has 0 bridgehead atoms. The number of para-hydroxylation sites is 1. The van der Waals surface area contributed by atoms with Gasteiger partial charge in [0.15, 0.2) is 0 Å². The van der Waals surface area contributed by atoms with Crippen LogP contribution < -0.4 is 4.74 Å². The summed E-state index contributed by atoms with van der Waals surface area (Å²) >= 11 is 0. The van der Waals surface area contributed by atoms with Gasteiger partial charge in [-0.2, -0.15) is 0 Å². The van der Waals surface area contributed by atoms with Crippen LogP contribution >= 0.6 is 0 Å². The molecule has 2 rings (SSSR count). The lowest BCUT2D eigenvalue weighted by Gasteiger charge is -2.35. The third kappa shape index (κ3) is 1.14. The van der Waals surface area contributed by atoms with E-state index < -0.39 is 5.60 Å². The van der Waals surface area contributed by atoms with Gasteiger partial charge in [0.25, 0.3) is 0 Å². The van der Waals surface area contributed by atoms with Crippen LogP contribution in [0.3, 0.4) is 0 Å². The highest BCUT2D eigenvalue weighted by Crippen LogP contribution is 2.47. The molecule has 0 unspecified atom stereocenters. The van der Waals surface area contributed by atoms with Crippen LogP contribution in [-0.4, -0.2) is 11.7 Å². The van der Waals surface area contributed by atoms with E-state index in [0.29, 0.717) is 6.61 Å². The summed E-state index contributed by atoms with van der Waals surface area (Å²) in [6.45, 7) is 6.44. The lowest BCUT2D eigenvalue weighted by molar-refractivity contribution is -0.0748. The van der Waals surface area contributed by atoms with Crippen LogP contribution in [0.15, 0.2) is 24.3 Å². The highest BCUT2D eigenvalue weighted by molar-refractivity contribution is 5.42. The SMILES string of the molecule is CC(C)(C)[C@]1(O)COc2ccccc21. The van der Waals surface area contributed by atoms with Crippen LogP contribution in [0, 0.1) is 5.41 Å². The smallest absolute Gasteiger partial charge is 0.132 e. The van der Waals surface area contributed by atoms with E-state index >= 15 is 0 Å². The van der Waals surface area contributed by atoms with Crippen LogP contribution in [0.2, 0.25) is 0 Å². The molecule has 0 radical (unpaired) electrons. The van der Waals surface area contributed by atoms with E-state index in [4.69, 9.17) is 4.74 Å². The van der Waals surface area contributed by atoms with Crippen molar-refractivity contribution in [3.8, 4) is 5.75 Å². The molecule has 2 heteroatoms. The average Bonchev–Trinajstić information content (AvgIpc) is 2.45. The quantitative estimate of drug-likeness (QED) is 0.683. The fourth-order valence-corrected chi connectivity index (χ4v) is 1.81. The lowest BCUT2D eigenvalue weighted by atomic mass is 9.73. The molecule has 0 aromatic heterocycles. The summed E-state index contributed by atoms with van der Waals surface area (Å²) in [6.07, 6.45) is 0. The zero-order valence-electron chi connectivity index (χ0n) is 8.87. The monoisotopic (exact) mass is 192 g/mol. The Bertz CT molecular complexity index is 352. The minimum atomic E-state index is -0.858. The molecule has 1 atom stereocenters. The summed E-state index contributed by atoms with van der Waals surface area (Å²) in [7, 11) is 0. The van der Waals surface area contributed by atoms with Crippen LogP contribution in [0.4, 0.5) is 0 Å². The number of aliphatic hydroxyl groups is 1. The maximum atomic E-state index is 10.6. The zero-order valence-corrected chi connectivity index (χ0v) is 8.87. The molecule has 1 N–H and O–H groups in total. The molecule has 14 heavy (non-hydrogen) atoms. The summed E-state index contributed by atoms with van der Waals surface area (Å²) in [4.78, 5) is 0. The highest BCUT2D eigenvalue weighted by Gasteiger charge is 2.47. The molecular formula is C12H16O2. The van der Waals surface area contributed by atoms with Crippen molar-refractivity contribution in [3.63, 3.8) is 0 Å². The molecule has 0 fully saturated rings. The normalized spacial score (nSPS) is 25.7. The molecule has 1 aliphatic rings. The van der Waals surface area contributed by atoms with Crippen molar-refractivity contribution in [3.05, 3.63) is 29.8 Å². The van der Waals surface area contributed by atoms with E-state index in [0.717, 1.165) is 11.3 Å². The Labute approximate surface area is 84.5 Å². The van der Waals surface area contributed by atoms with E-state index in [2.05, 4.69) is 0 Å². The van der Waals surface area contributed by atoms with Crippen molar-refractivity contribution in [1.82, 2.24) is 0 Å². The fourth-order valence-electron chi connectivity index (χ4n) is 1.81. The second-order valence-electron chi connectivity index (χ2n) is 4.90. The highest BCUT2D eigenvalue weighted by atomic mass is 16.5. The van der Waals surface area contributed by atoms with Crippen LogP contribution in [0.5, 0.6) is 5.75 Å². The standard InChI is InChI=1S/C12H16O2/c1-11(2,3)12(13)8-14-10-7-5-4-6-9(10)12/h4-7,13H,8H2,1-3H3/t12-/m0/s1. The van der Waals surface area contributed by atoms with Gasteiger partial charge in [0, 0.05) is 5.56 Å². The molecular weight excluding hydrogens is 176 g/mol. The van der Waals surface area contributed by atoms with Crippen molar-refractivity contribution in [2.45, 2.75) is 26.4 Å². The van der Waals surface area contributed by atoms with Crippen molar-refractivity contribution < 1.29 is 9.84 Å². The molecule has 1 aliphatic heterocycles. The Kier molecular flexibility index (Phi) is 1.86. The summed E-state index contributed by atoms with van der Waals surface area (Å²) in [5.74, 6) is 0.810. The summed E-state index contributed by atoms with van der Waals surface area (Å²) in [5, 5.41) is 10.6. The number of benzene rings is 1. The zero-order chi connectivity index (χ0) is 10.4. The first kappa shape index (κ1) is 9.53. The summed E-state index contributed by atoms with van der Waals surface area (Å²) in [6, 6.07) is 7.70. The molecule has 1 aromatic carbocycles. The van der Waals surface area contributed by atoms with E-state index in [1.807, 2.05) is 45.0 Å². The molecule has 0 saturated carbocycles. The maximum absolute atomic E-state index is 10.6. The number of hydrogen-bond acceptors (Lipinski definition) is 2. The molecule has 76 valence electrons. The van der Waals surface area contributed by atoms with Gasteiger partial charge in [0.2, 0.25) is 0 Å². The first-order chi connectivity index (χ1) is 6.45. The summed E-state index contributed by atoms with van der Waals surface area (Å²) in [5.41, 5.74) is -0.157. The van der Waals surface area contributed by atoms with Crippen LogP contribution in [0.1, 0.15) is 26.3 Å². The number of fused-ring (bicyclic) bond motifs is 1. The number of rotatable bonds is 0. The van der Waals surface area contributed by atoms with Crippen molar-refractivity contribution in [1.29, 1.82) is 0 Å². The maximum Gasteiger partial charge on any atom is 0.132 e. The molecule has 1 heterocycles. The average molecular weight is 192 g/mol. The topological polar surface area (TPSA) is 29.5 Å². The predicted octanol–water partition coefficient (Wildman–Crippen LogP) is 2.31. The van der Waals surface area contributed by atoms with Crippen molar-refractivity contribution in [2.24, 2.45) is 5.41 Å². The molecule has 0 amide bonds. The van der Waals surface area contributed by atoms with Gasteiger partial charge in [-0.3, -0.25) is 0 Å². The van der Waals surface area contributed by atoms with E-state index in [1.54, 1.807) is 0 Å². The molecule has 0 saturated heterocycles. The van der Waals surface area contributed by atoms with Gasteiger partial charge >= 0.3 is 0 Å². The fraction of sp³-hybridized carbons (Fsp3) is 0.500. The van der Waals surface area contributed by atoms with E-state index in [-0.39, 0.29) is 5.41 Å². The Morgan fingerprint density at radius 1 is 1.29 bits per heavy atom. The van der Waals surface area contributed by atoms with Gasteiger partial charge in [-0.25, -0.2) is 0 Å². The Morgan fingerprint density at radius 2 is 1.93 bits per heavy atom. The summed E-state index contributed by atoms with van der Waals surface area (Å²) < 4.78 is 5.49. The lowest BCUT2D eigenvalue weighted by Crippen LogP contribution is -2.41. The van der Waals surface area contributed by atoms with Gasteiger partial charge in [0.05, 0.1) is 0 Å². The minimum absolute atomic E-state index is 0.209. The number of hydrogen-bond donors (Lipinski definition) is 1. The van der Waals surface area contributed by atoms with Gasteiger partial charge in [-0.15, -0.1) is 0 Å². The van der Waals surface area contributed by atoms with E-state index in [9.17, 15) is 5.11 Å². The Balaban J connectivity index is 2.53. The van der Waals surface area contributed by atoms with Crippen molar-refractivity contribution in [2.75, 3.05) is 6.61 Å². The minimum Gasteiger partial charge on any atom is -0.490 e. The molecule has 0 spiro atoms. The Hall–Kier alpha value is -1.02. The first-order valence-electron chi connectivity index (χ1n) is 4.90. The number of ether oxygens (including phenoxy) is 1. The van der Waals surface area contributed by atoms with Gasteiger partial charge in [0.1, 0.15) is 18.0 Å². The molecule has 1 aromatic rings. The van der Waals surface area contributed by atoms with E-state index in [1.165, 1.54) is 0 Å². The largest absolute Gasteiger partial charge is 0.490 e. The predicted molar refractivity (Wildman–Crippen MR) is 55.3 cm³/mol. The third-order valence-electron chi connectivity index (χ3n) is 3.01. The van der Waals surface area contributed by atoms with Crippen LogP contribution in [-0.2, 0) is 5.60 Å². The second kappa shape index (κ2) is 2.74. The Morgan fingerprint density at radius 3 is 2.57 bits per heavy atom. The second-order valence-corrected chi connectivity index (χ2v) is 4.90. The van der Waals surface area contributed by atoms with Gasteiger partial charge in [-0.1, -0.05) is 39.0 Å². The van der Waals surface area contributed by atoms with Gasteiger partial charge < -0.3 is 9.84 Å². The molecule has 2 nitrogen and oxygen atoms in total. The van der Waals surface area contributed by atoms with Crippen LogP contribution in [0.25, 0.3) is 0 Å². The van der Waals surface area contributed by atoms with Crippen molar-refractivity contribution >= 4 is 0 Å². The third-order valence-corrected chi connectivity index (χ3v) is 3.01. The molecule has 0 aliphatic carbocycles.